The van der Waals surface area contributed by atoms with Crippen LogP contribution < -0.4 is 5.32 Å². The number of unbranched alkanes of at least 4 members (excludes halogenated alkanes) is 9. The smallest absolute Gasteiger partial charge is 0.335 e. The molecule has 1 rings (SSSR count). The van der Waals surface area contributed by atoms with Gasteiger partial charge in [0.15, 0.2) is 17.2 Å². The number of hydrogen-bond donors (Lipinski definition) is 10. The second-order valence-corrected chi connectivity index (χ2v) is 8.85. The van der Waals surface area contributed by atoms with Gasteiger partial charge in [0, 0.05) is 6.54 Å². The maximum Gasteiger partial charge on any atom is 0.335 e. The van der Waals surface area contributed by atoms with E-state index in [4.69, 9.17) is 25.5 Å². The predicted octanol–water partition coefficient (Wildman–Crippen LogP) is 1.43. The molecule has 36 heavy (non-hydrogen) atoms. The van der Waals surface area contributed by atoms with E-state index in [2.05, 4.69) is 12.2 Å². The molecule has 1 aromatic carbocycles. The molecule has 0 aliphatic heterocycles. The number of phenolic OH excluding ortho intramolecular Hbond substituents is 3. The number of hydrogen-bond acceptors (Lipinski definition) is 10. The van der Waals surface area contributed by atoms with Crippen molar-refractivity contribution in [3.05, 3.63) is 17.7 Å². The van der Waals surface area contributed by atoms with Crippen LogP contribution in [0.15, 0.2) is 12.1 Å². The number of nitrogens with one attached hydrogen (secondary N) is 1. The molecule has 0 unspecified atom stereocenters. The number of aliphatic hydroxyl groups excluding tert-OH is 5. The van der Waals surface area contributed by atoms with Crippen molar-refractivity contribution in [2.75, 3.05) is 19.7 Å². The highest BCUT2D eigenvalue weighted by atomic mass is 16.4. The van der Waals surface area contributed by atoms with Crippen molar-refractivity contribution in [1.29, 1.82) is 0 Å². The molecule has 0 saturated heterocycles. The van der Waals surface area contributed by atoms with Gasteiger partial charge in [0.25, 0.3) is 0 Å². The summed E-state index contributed by atoms with van der Waals surface area (Å²) in [6.07, 6.45) is 7.01. The normalized spacial score (nSPS) is 14.4. The van der Waals surface area contributed by atoms with Gasteiger partial charge in [0.2, 0.25) is 0 Å². The molecular weight excluding hydrogens is 474 g/mol. The lowest BCUT2D eigenvalue weighted by atomic mass is 10.0. The quantitative estimate of drug-likeness (QED) is 0.0989. The maximum atomic E-state index is 10.3. The van der Waals surface area contributed by atoms with Crippen molar-refractivity contribution in [3.63, 3.8) is 0 Å². The van der Waals surface area contributed by atoms with E-state index in [1.807, 2.05) is 0 Å². The number of carbonyl (C=O) groups is 1. The van der Waals surface area contributed by atoms with Crippen molar-refractivity contribution in [2.45, 2.75) is 95.5 Å². The fourth-order valence-electron chi connectivity index (χ4n) is 3.40. The molecular formula is C25H45NO10. The zero-order chi connectivity index (χ0) is 27.5. The van der Waals surface area contributed by atoms with Crippen LogP contribution in [0.4, 0.5) is 0 Å². The number of aromatic carboxylic acids is 1. The van der Waals surface area contributed by atoms with E-state index in [9.17, 15) is 25.2 Å². The Morgan fingerprint density at radius 3 is 1.67 bits per heavy atom. The second kappa shape index (κ2) is 20.0. The summed E-state index contributed by atoms with van der Waals surface area (Å²) in [6.45, 7) is 2.47. The van der Waals surface area contributed by atoms with E-state index in [0.29, 0.717) is 0 Å². The number of rotatable bonds is 18. The Bertz CT molecular complexity index is 695. The van der Waals surface area contributed by atoms with Crippen LogP contribution in [-0.4, -0.2) is 96.0 Å². The van der Waals surface area contributed by atoms with Crippen molar-refractivity contribution < 1.29 is 50.8 Å². The Balaban J connectivity index is 0.000000846. The highest BCUT2D eigenvalue weighted by Gasteiger charge is 2.29. The average molecular weight is 520 g/mol. The molecule has 0 amide bonds. The zero-order valence-corrected chi connectivity index (χ0v) is 21.1. The van der Waals surface area contributed by atoms with Crippen LogP contribution in [0.5, 0.6) is 17.2 Å². The minimum atomic E-state index is -1.55. The highest BCUT2D eigenvalue weighted by Crippen LogP contribution is 2.35. The van der Waals surface area contributed by atoms with Crippen LogP contribution in [0.1, 0.15) is 81.5 Å². The third kappa shape index (κ3) is 14.4. The molecule has 0 aliphatic carbocycles. The van der Waals surface area contributed by atoms with E-state index in [1.165, 1.54) is 51.4 Å². The van der Waals surface area contributed by atoms with Crippen molar-refractivity contribution in [1.82, 2.24) is 5.32 Å². The van der Waals surface area contributed by atoms with Crippen molar-refractivity contribution >= 4 is 5.97 Å². The first-order valence-corrected chi connectivity index (χ1v) is 12.6. The molecule has 0 saturated carbocycles. The van der Waals surface area contributed by atoms with Gasteiger partial charge in [-0.25, -0.2) is 4.79 Å². The van der Waals surface area contributed by atoms with Crippen molar-refractivity contribution in [3.8, 4) is 17.2 Å². The largest absolute Gasteiger partial charge is 0.504 e. The Kier molecular flexibility index (Phi) is 18.8. The number of aromatic hydroxyl groups is 3. The van der Waals surface area contributed by atoms with Gasteiger partial charge in [-0.2, -0.15) is 0 Å². The summed E-state index contributed by atoms with van der Waals surface area (Å²) < 4.78 is 0. The molecule has 4 atom stereocenters. The van der Waals surface area contributed by atoms with Gasteiger partial charge in [0.05, 0.1) is 18.3 Å². The fourth-order valence-corrected chi connectivity index (χ4v) is 3.40. The van der Waals surface area contributed by atoms with E-state index in [0.717, 1.165) is 31.5 Å². The Morgan fingerprint density at radius 1 is 0.778 bits per heavy atom. The summed E-state index contributed by atoms with van der Waals surface area (Å²) >= 11 is 0. The summed E-state index contributed by atoms with van der Waals surface area (Å²) in [5.41, 5.74) is -0.289. The first-order chi connectivity index (χ1) is 17.1. The topological polar surface area (TPSA) is 211 Å². The Morgan fingerprint density at radius 2 is 1.22 bits per heavy atom. The molecule has 0 fully saturated rings. The highest BCUT2D eigenvalue weighted by molar-refractivity contribution is 5.89. The van der Waals surface area contributed by atoms with E-state index >= 15 is 0 Å². The number of phenols is 3. The van der Waals surface area contributed by atoms with Gasteiger partial charge in [-0.15, -0.1) is 0 Å². The van der Waals surface area contributed by atoms with Crippen LogP contribution in [0, 0.1) is 0 Å². The molecule has 0 bridgehead atoms. The minimum absolute atomic E-state index is 0.147. The fraction of sp³-hybridized carbons (Fsp3) is 0.720. The maximum absolute atomic E-state index is 10.3. The van der Waals surface area contributed by atoms with Gasteiger partial charge in [-0.3, -0.25) is 0 Å². The lowest BCUT2D eigenvalue weighted by molar-refractivity contribution is -0.113. The number of carboxylic acids is 1. The Labute approximate surface area is 212 Å². The molecule has 0 aromatic heterocycles. The molecule has 11 heteroatoms. The lowest BCUT2D eigenvalue weighted by Gasteiger charge is -2.25. The van der Waals surface area contributed by atoms with Gasteiger partial charge in [0.1, 0.15) is 18.3 Å². The van der Waals surface area contributed by atoms with Gasteiger partial charge < -0.3 is 51.3 Å². The van der Waals surface area contributed by atoms with Crippen LogP contribution in [0.25, 0.3) is 0 Å². The zero-order valence-electron chi connectivity index (χ0n) is 21.1. The number of aliphatic hydroxyl groups is 5. The molecule has 0 aliphatic rings. The summed E-state index contributed by atoms with van der Waals surface area (Å²) in [5.74, 6) is -3.33. The molecule has 0 radical (unpaired) electrons. The lowest BCUT2D eigenvalue weighted by Crippen LogP contribution is -2.49. The standard InChI is InChI=1S/C18H39NO5.C7H6O5/c1-2-3-4-5-6-7-8-9-10-11-12-19-13-15(21)17(23)18(24)16(22)14-20;8-4-1-3(7(11)12)2-5(9)6(4)10/h15-24H,2-14H2,1H3;1-2,8-10H,(H,11,12)/t15-,16+,17+,18+;/m0./s1. The van der Waals surface area contributed by atoms with Crippen LogP contribution in [0.3, 0.4) is 0 Å². The summed E-state index contributed by atoms with van der Waals surface area (Å²) in [5, 5.41) is 84.8. The first kappa shape index (κ1) is 33.8. The summed E-state index contributed by atoms with van der Waals surface area (Å²) in [4.78, 5) is 10.3. The third-order valence-electron chi connectivity index (χ3n) is 5.70. The molecule has 0 heterocycles. The average Bonchev–Trinajstić information content (AvgIpc) is 2.86. The van der Waals surface area contributed by atoms with Crippen LogP contribution >= 0.6 is 0 Å². The molecule has 10 N–H and O–H groups in total. The Hall–Kier alpha value is -2.15. The summed E-state index contributed by atoms with van der Waals surface area (Å²) in [7, 11) is 0. The van der Waals surface area contributed by atoms with E-state index in [-0.39, 0.29) is 12.1 Å². The van der Waals surface area contributed by atoms with Crippen LogP contribution in [0.2, 0.25) is 0 Å². The van der Waals surface area contributed by atoms with Gasteiger partial charge in [-0.1, -0.05) is 64.7 Å². The predicted molar refractivity (Wildman–Crippen MR) is 134 cm³/mol. The molecule has 0 spiro atoms. The first-order valence-electron chi connectivity index (χ1n) is 12.6. The van der Waals surface area contributed by atoms with Gasteiger partial charge in [-0.05, 0) is 25.1 Å². The van der Waals surface area contributed by atoms with Gasteiger partial charge >= 0.3 is 5.97 Å². The van der Waals surface area contributed by atoms with E-state index in [1.54, 1.807) is 0 Å². The molecule has 1 aromatic rings. The SMILES string of the molecule is CCCCCCCCCCCCNC[C@H](O)[C@@H](O)[C@H](O)[C@H](O)CO.O=C(O)c1cc(O)c(O)c(O)c1. The van der Waals surface area contributed by atoms with E-state index < -0.39 is 54.2 Å². The molecule has 11 nitrogen and oxygen atoms in total. The third-order valence-corrected chi connectivity index (χ3v) is 5.70. The number of benzene rings is 1. The molecule has 210 valence electrons. The van der Waals surface area contributed by atoms with Crippen molar-refractivity contribution in [2.24, 2.45) is 0 Å². The monoisotopic (exact) mass is 519 g/mol. The minimum Gasteiger partial charge on any atom is -0.504 e. The van der Waals surface area contributed by atoms with Crippen LogP contribution in [-0.2, 0) is 0 Å². The second-order valence-electron chi connectivity index (χ2n) is 8.85. The number of carboxylic acid groups (broad SMARTS) is 1. The summed E-state index contributed by atoms with van der Waals surface area (Å²) in [6, 6.07) is 1.69.